The Kier molecular flexibility index (Phi) is 7.02. The molecule has 4 aromatic rings. The molecule has 0 saturated heterocycles. The van der Waals surface area contributed by atoms with Crippen molar-refractivity contribution in [1.29, 1.82) is 0 Å². The summed E-state index contributed by atoms with van der Waals surface area (Å²) < 4.78 is 0. The fraction of sp³-hybridized carbons (Fsp3) is 0.0800. The molecule has 33 heavy (non-hydrogen) atoms. The molecule has 4 N–H and O–H groups in total. The Balaban J connectivity index is 1.56. The van der Waals surface area contributed by atoms with Crippen molar-refractivity contribution in [3.63, 3.8) is 0 Å². The molecule has 1 aromatic heterocycles. The summed E-state index contributed by atoms with van der Waals surface area (Å²) in [6, 6.07) is 26.8. The van der Waals surface area contributed by atoms with Crippen LogP contribution < -0.4 is 21.5 Å². The van der Waals surface area contributed by atoms with Crippen molar-refractivity contribution >= 4 is 34.8 Å². The van der Waals surface area contributed by atoms with E-state index in [1.165, 1.54) is 6.33 Å². The second kappa shape index (κ2) is 10.5. The number of nitrogens with zero attached hydrogens (tertiary/aromatic N) is 3. The van der Waals surface area contributed by atoms with Crippen LogP contribution in [0.3, 0.4) is 0 Å². The van der Waals surface area contributed by atoms with Gasteiger partial charge in [-0.25, -0.2) is 9.97 Å². The van der Waals surface area contributed by atoms with Crippen molar-refractivity contribution in [2.24, 2.45) is 0 Å². The largest absolute Gasteiger partial charge is 0.393 e. The molecule has 0 unspecified atom stereocenters. The highest BCUT2D eigenvalue weighted by Gasteiger charge is 2.17. The van der Waals surface area contributed by atoms with Crippen LogP contribution >= 0.6 is 11.6 Å². The van der Waals surface area contributed by atoms with Gasteiger partial charge >= 0.3 is 0 Å². The molecular weight excluding hydrogens is 436 g/mol. The Morgan fingerprint density at radius 2 is 1.42 bits per heavy atom. The number of hydrogen-bond donors (Lipinski definition) is 3. The van der Waals surface area contributed by atoms with Crippen LogP contribution in [0.2, 0.25) is 5.02 Å². The molecule has 4 rings (SSSR count). The van der Waals surface area contributed by atoms with E-state index < -0.39 is 0 Å². The van der Waals surface area contributed by atoms with Gasteiger partial charge in [0, 0.05) is 23.7 Å². The van der Waals surface area contributed by atoms with E-state index in [0.717, 1.165) is 11.1 Å². The molecule has 0 aliphatic heterocycles. The molecule has 1 amide bonds. The van der Waals surface area contributed by atoms with Gasteiger partial charge in [0.1, 0.15) is 12.0 Å². The van der Waals surface area contributed by atoms with E-state index in [1.54, 1.807) is 24.3 Å². The number of amides is 1. The summed E-state index contributed by atoms with van der Waals surface area (Å²) in [6.07, 6.45) is 1.42. The first-order chi connectivity index (χ1) is 16.1. The third-order valence-corrected chi connectivity index (χ3v) is 5.25. The first-order valence-electron chi connectivity index (χ1n) is 10.4. The fourth-order valence-electron chi connectivity index (χ4n) is 3.34. The molecule has 0 radical (unpaired) electrons. The van der Waals surface area contributed by atoms with E-state index in [4.69, 9.17) is 17.3 Å². The standard InChI is InChI=1S/C25H23ClN6O/c26-21-13-11-20(12-14-21)25(33)31-30-23-22(27)24(29-17-28-23)32(15-18-7-3-1-4-8-18)16-19-9-5-2-6-10-19/h1-14,17H,15-16,27H2,(H,31,33)(H,28,29,30). The lowest BCUT2D eigenvalue weighted by Gasteiger charge is -2.26. The lowest BCUT2D eigenvalue weighted by molar-refractivity contribution is 0.0962. The summed E-state index contributed by atoms with van der Waals surface area (Å²) in [5.74, 6) is 0.547. The minimum Gasteiger partial charge on any atom is -0.393 e. The van der Waals surface area contributed by atoms with E-state index in [9.17, 15) is 4.79 Å². The van der Waals surface area contributed by atoms with Gasteiger partial charge in [0.2, 0.25) is 0 Å². The molecule has 0 aliphatic rings. The van der Waals surface area contributed by atoms with E-state index in [-0.39, 0.29) is 5.91 Å². The van der Waals surface area contributed by atoms with Crippen LogP contribution in [-0.4, -0.2) is 15.9 Å². The predicted octanol–water partition coefficient (Wildman–Crippen LogP) is 4.68. The Morgan fingerprint density at radius 3 is 2.00 bits per heavy atom. The SMILES string of the molecule is Nc1c(NNC(=O)c2ccc(Cl)cc2)ncnc1N(Cc1ccccc1)Cc1ccccc1. The highest BCUT2D eigenvalue weighted by molar-refractivity contribution is 6.30. The van der Waals surface area contributed by atoms with E-state index in [2.05, 4.69) is 50.0 Å². The number of halogens is 1. The number of nitrogens with one attached hydrogen (secondary N) is 2. The second-order valence-corrected chi connectivity index (χ2v) is 7.81. The number of carbonyl (C=O) groups is 1. The van der Waals surface area contributed by atoms with E-state index in [0.29, 0.717) is 41.0 Å². The van der Waals surface area contributed by atoms with Crippen LogP contribution in [0, 0.1) is 0 Å². The molecular formula is C25H23ClN6O. The number of nitrogen functional groups attached to an aromatic ring is 1. The number of nitrogens with two attached hydrogens (primary N) is 1. The van der Waals surface area contributed by atoms with E-state index >= 15 is 0 Å². The maximum Gasteiger partial charge on any atom is 0.269 e. The zero-order chi connectivity index (χ0) is 23.0. The molecule has 0 saturated carbocycles. The number of benzene rings is 3. The van der Waals surface area contributed by atoms with Gasteiger partial charge < -0.3 is 10.6 Å². The van der Waals surface area contributed by atoms with Crippen molar-refractivity contribution in [3.05, 3.63) is 113 Å². The third kappa shape index (κ3) is 5.78. The van der Waals surface area contributed by atoms with Crippen LogP contribution in [0.5, 0.6) is 0 Å². The van der Waals surface area contributed by atoms with Crippen molar-refractivity contribution < 1.29 is 4.79 Å². The Bertz CT molecular complexity index is 1160. The molecule has 0 aliphatic carbocycles. The summed E-state index contributed by atoms with van der Waals surface area (Å²) in [5, 5.41) is 0.557. The van der Waals surface area contributed by atoms with Crippen molar-refractivity contribution in [3.8, 4) is 0 Å². The Hall–Kier alpha value is -4.10. The number of hydrogen-bond acceptors (Lipinski definition) is 6. The molecule has 0 atom stereocenters. The smallest absolute Gasteiger partial charge is 0.269 e. The molecule has 166 valence electrons. The van der Waals surface area contributed by atoms with E-state index in [1.807, 2.05) is 36.4 Å². The molecule has 0 bridgehead atoms. The Morgan fingerprint density at radius 1 is 0.848 bits per heavy atom. The number of hydrazine groups is 1. The lowest BCUT2D eigenvalue weighted by Crippen LogP contribution is -2.31. The topological polar surface area (TPSA) is 96.2 Å². The summed E-state index contributed by atoms with van der Waals surface area (Å²) in [5.41, 5.74) is 14.9. The quantitative estimate of drug-likeness (QED) is 0.332. The molecule has 1 heterocycles. The van der Waals surface area contributed by atoms with Crippen LogP contribution in [-0.2, 0) is 13.1 Å². The van der Waals surface area contributed by atoms with Crippen LogP contribution in [0.1, 0.15) is 21.5 Å². The molecule has 3 aromatic carbocycles. The summed E-state index contributed by atoms with van der Waals surface area (Å²) in [6.45, 7) is 1.21. The monoisotopic (exact) mass is 458 g/mol. The van der Waals surface area contributed by atoms with Crippen LogP contribution in [0.4, 0.5) is 17.3 Å². The van der Waals surface area contributed by atoms with Gasteiger partial charge in [-0.15, -0.1) is 0 Å². The maximum absolute atomic E-state index is 12.4. The van der Waals surface area contributed by atoms with Gasteiger partial charge in [-0.1, -0.05) is 72.3 Å². The van der Waals surface area contributed by atoms with Crippen LogP contribution in [0.25, 0.3) is 0 Å². The number of anilines is 3. The number of rotatable bonds is 8. The summed E-state index contributed by atoms with van der Waals surface area (Å²) >= 11 is 5.89. The summed E-state index contributed by atoms with van der Waals surface area (Å²) in [4.78, 5) is 23.2. The number of carbonyl (C=O) groups excluding carboxylic acids is 1. The Labute approximate surface area is 197 Å². The zero-order valence-corrected chi connectivity index (χ0v) is 18.5. The predicted molar refractivity (Wildman–Crippen MR) is 132 cm³/mol. The average molecular weight is 459 g/mol. The highest BCUT2D eigenvalue weighted by atomic mass is 35.5. The zero-order valence-electron chi connectivity index (χ0n) is 17.8. The van der Waals surface area contributed by atoms with Gasteiger partial charge in [0.05, 0.1) is 0 Å². The van der Waals surface area contributed by atoms with Gasteiger partial charge in [0.25, 0.3) is 5.91 Å². The normalized spacial score (nSPS) is 10.5. The first kappa shape index (κ1) is 22.1. The highest BCUT2D eigenvalue weighted by Crippen LogP contribution is 2.28. The van der Waals surface area contributed by atoms with Crippen molar-refractivity contribution in [2.75, 3.05) is 16.1 Å². The van der Waals surface area contributed by atoms with Crippen LogP contribution in [0.15, 0.2) is 91.3 Å². The molecule has 8 heteroatoms. The number of aromatic nitrogens is 2. The van der Waals surface area contributed by atoms with Gasteiger partial charge in [-0.3, -0.25) is 15.6 Å². The molecule has 0 fully saturated rings. The minimum absolute atomic E-state index is 0.313. The molecule has 7 nitrogen and oxygen atoms in total. The third-order valence-electron chi connectivity index (χ3n) is 5.00. The minimum atomic E-state index is -0.336. The summed E-state index contributed by atoms with van der Waals surface area (Å²) in [7, 11) is 0. The maximum atomic E-state index is 12.4. The van der Waals surface area contributed by atoms with Gasteiger partial charge in [-0.05, 0) is 35.4 Å². The average Bonchev–Trinajstić information content (AvgIpc) is 2.84. The molecule has 0 spiro atoms. The lowest BCUT2D eigenvalue weighted by atomic mass is 10.1. The van der Waals surface area contributed by atoms with Crippen molar-refractivity contribution in [1.82, 2.24) is 15.4 Å². The van der Waals surface area contributed by atoms with Gasteiger partial charge in [0.15, 0.2) is 11.6 Å². The fourth-order valence-corrected chi connectivity index (χ4v) is 3.47. The first-order valence-corrected chi connectivity index (χ1v) is 10.7. The van der Waals surface area contributed by atoms with Crippen molar-refractivity contribution in [2.45, 2.75) is 13.1 Å². The van der Waals surface area contributed by atoms with Gasteiger partial charge in [-0.2, -0.15) is 0 Å². The second-order valence-electron chi connectivity index (χ2n) is 7.37.